The molecule has 5 aromatic rings. The van der Waals surface area contributed by atoms with Crippen molar-refractivity contribution in [3.05, 3.63) is 132 Å². The largest absolute Gasteiger partial charge is 0.494 e. The Kier molecular flexibility index (Phi) is 9.56. The zero-order valence-electron chi connectivity index (χ0n) is 24.2. The van der Waals surface area contributed by atoms with Crippen LogP contribution in [0.1, 0.15) is 33.2 Å². The fourth-order valence-electron chi connectivity index (χ4n) is 4.37. The van der Waals surface area contributed by atoms with Gasteiger partial charge in [-0.3, -0.25) is 14.4 Å². The maximum atomic E-state index is 12.9. The minimum atomic E-state index is -1.03. The number of fused-ring (bicyclic) bond motifs is 1. The van der Waals surface area contributed by atoms with E-state index in [9.17, 15) is 19.2 Å². The summed E-state index contributed by atoms with van der Waals surface area (Å²) in [6.45, 7) is 2.40. The molecule has 0 saturated carbocycles. The summed E-state index contributed by atoms with van der Waals surface area (Å²) in [6, 6.07) is 32.6. The maximum absolute atomic E-state index is 12.9. The standard InChI is InChI=1S/C35H28N4O6/c1-2-44-26-20-16-25(17-21-26)37-32(40)30-11-5-6-13-31(30)38-33(41)34(42)39-36-22-23-14-18-27(19-15-23)45-35(43)29-12-7-9-24-8-3-4-10-28(24)29/h3-22H,2H2,1H3,(H,37,40)(H,38,41)(H,39,42). The van der Waals surface area contributed by atoms with Crippen molar-refractivity contribution in [1.29, 1.82) is 0 Å². The lowest BCUT2D eigenvalue weighted by molar-refractivity contribution is -0.136. The van der Waals surface area contributed by atoms with E-state index in [0.717, 1.165) is 10.8 Å². The Morgan fingerprint density at radius 3 is 2.13 bits per heavy atom. The quantitative estimate of drug-likeness (QED) is 0.0644. The minimum Gasteiger partial charge on any atom is -0.494 e. The molecule has 0 heterocycles. The number of hydrogen-bond acceptors (Lipinski definition) is 7. The van der Waals surface area contributed by atoms with Crippen molar-refractivity contribution in [3.63, 3.8) is 0 Å². The van der Waals surface area contributed by atoms with E-state index in [1.165, 1.54) is 18.3 Å². The summed E-state index contributed by atoms with van der Waals surface area (Å²) >= 11 is 0. The normalized spacial score (nSPS) is 10.7. The van der Waals surface area contributed by atoms with Gasteiger partial charge in [-0.1, -0.05) is 48.5 Å². The second-order valence-corrected chi connectivity index (χ2v) is 9.60. The molecule has 0 aliphatic carbocycles. The average molecular weight is 601 g/mol. The van der Waals surface area contributed by atoms with Crippen LogP contribution in [-0.4, -0.2) is 36.5 Å². The van der Waals surface area contributed by atoms with Gasteiger partial charge in [0.15, 0.2) is 0 Å². The topological polar surface area (TPSA) is 135 Å². The van der Waals surface area contributed by atoms with Gasteiger partial charge in [-0.2, -0.15) is 5.10 Å². The van der Waals surface area contributed by atoms with Gasteiger partial charge in [0.25, 0.3) is 5.91 Å². The van der Waals surface area contributed by atoms with E-state index in [1.807, 2.05) is 37.3 Å². The molecule has 0 atom stereocenters. The first-order valence-corrected chi connectivity index (χ1v) is 14.0. The summed E-state index contributed by atoms with van der Waals surface area (Å²) < 4.78 is 10.9. The van der Waals surface area contributed by atoms with E-state index in [1.54, 1.807) is 72.8 Å². The first-order valence-electron chi connectivity index (χ1n) is 14.0. The molecule has 0 unspecified atom stereocenters. The van der Waals surface area contributed by atoms with E-state index < -0.39 is 23.7 Å². The van der Waals surface area contributed by atoms with Crippen molar-refractivity contribution in [2.45, 2.75) is 6.92 Å². The predicted octanol–water partition coefficient (Wildman–Crippen LogP) is 5.80. The predicted molar refractivity (Wildman–Crippen MR) is 172 cm³/mol. The van der Waals surface area contributed by atoms with Gasteiger partial charge in [-0.15, -0.1) is 0 Å². The number of esters is 1. The van der Waals surface area contributed by atoms with Crippen molar-refractivity contribution in [1.82, 2.24) is 5.43 Å². The van der Waals surface area contributed by atoms with Gasteiger partial charge >= 0.3 is 17.8 Å². The lowest BCUT2D eigenvalue weighted by Crippen LogP contribution is -2.33. The number of hydrazone groups is 1. The third-order valence-corrected chi connectivity index (χ3v) is 6.53. The van der Waals surface area contributed by atoms with Crippen LogP contribution in [0.5, 0.6) is 11.5 Å². The molecule has 5 rings (SSSR count). The van der Waals surface area contributed by atoms with Crippen molar-refractivity contribution in [2.75, 3.05) is 17.2 Å². The third-order valence-electron chi connectivity index (χ3n) is 6.53. The summed E-state index contributed by atoms with van der Waals surface area (Å²) in [6.07, 6.45) is 1.33. The minimum absolute atomic E-state index is 0.152. The number of amides is 3. The molecule has 0 fully saturated rings. The number of carbonyl (C=O) groups excluding carboxylic acids is 4. The number of hydrogen-bond donors (Lipinski definition) is 3. The van der Waals surface area contributed by atoms with Crippen LogP contribution in [0.2, 0.25) is 0 Å². The molecule has 0 bridgehead atoms. The summed E-state index contributed by atoms with van der Waals surface area (Å²) in [7, 11) is 0. The van der Waals surface area contributed by atoms with E-state index in [4.69, 9.17) is 9.47 Å². The van der Waals surface area contributed by atoms with Gasteiger partial charge in [-0.05, 0) is 90.0 Å². The molecular weight excluding hydrogens is 572 g/mol. The summed E-state index contributed by atoms with van der Waals surface area (Å²) in [4.78, 5) is 50.6. The molecule has 0 radical (unpaired) electrons. The average Bonchev–Trinajstić information content (AvgIpc) is 3.06. The van der Waals surface area contributed by atoms with Crippen LogP contribution in [0.3, 0.4) is 0 Å². The number of anilines is 2. The Morgan fingerprint density at radius 2 is 1.36 bits per heavy atom. The first-order chi connectivity index (χ1) is 21.9. The van der Waals surface area contributed by atoms with Crippen LogP contribution in [0.25, 0.3) is 10.8 Å². The molecule has 45 heavy (non-hydrogen) atoms. The van der Waals surface area contributed by atoms with Crippen molar-refractivity contribution in [3.8, 4) is 11.5 Å². The Balaban J connectivity index is 1.14. The molecule has 0 spiro atoms. The van der Waals surface area contributed by atoms with Crippen LogP contribution in [0.15, 0.2) is 120 Å². The summed E-state index contributed by atoms with van der Waals surface area (Å²) in [5, 5.41) is 10.8. The Bertz CT molecular complexity index is 1880. The van der Waals surface area contributed by atoms with Gasteiger partial charge in [0.05, 0.1) is 29.6 Å². The smallest absolute Gasteiger partial charge is 0.344 e. The summed E-state index contributed by atoms with van der Waals surface area (Å²) in [5.41, 5.74) is 4.05. The SMILES string of the molecule is CCOc1ccc(NC(=O)c2ccccc2NC(=O)C(=O)NN=Cc2ccc(OC(=O)c3cccc4ccccc34)cc2)cc1. The molecule has 224 valence electrons. The van der Waals surface area contributed by atoms with Gasteiger partial charge < -0.3 is 20.1 Å². The highest BCUT2D eigenvalue weighted by atomic mass is 16.5. The maximum Gasteiger partial charge on any atom is 0.344 e. The third kappa shape index (κ3) is 7.76. The monoisotopic (exact) mass is 600 g/mol. The highest BCUT2D eigenvalue weighted by Crippen LogP contribution is 2.22. The summed E-state index contributed by atoms with van der Waals surface area (Å²) in [5.74, 6) is -2.00. The number of benzene rings is 5. The van der Waals surface area contributed by atoms with E-state index in [0.29, 0.717) is 34.9 Å². The molecular formula is C35H28N4O6. The van der Waals surface area contributed by atoms with Crippen LogP contribution in [-0.2, 0) is 9.59 Å². The van der Waals surface area contributed by atoms with Crippen LogP contribution in [0, 0.1) is 0 Å². The number of nitrogens with zero attached hydrogens (tertiary/aromatic N) is 1. The van der Waals surface area contributed by atoms with Gasteiger partial charge in [0.1, 0.15) is 11.5 Å². The fourth-order valence-corrected chi connectivity index (χ4v) is 4.37. The zero-order chi connectivity index (χ0) is 31.6. The highest BCUT2D eigenvalue weighted by Gasteiger charge is 2.18. The number of nitrogens with one attached hydrogen (secondary N) is 3. The van der Waals surface area contributed by atoms with Crippen LogP contribution < -0.4 is 25.5 Å². The molecule has 10 nitrogen and oxygen atoms in total. The second kappa shape index (κ2) is 14.3. The lowest BCUT2D eigenvalue weighted by atomic mass is 10.0. The first kappa shape index (κ1) is 30.2. The van der Waals surface area contributed by atoms with Gasteiger partial charge in [-0.25, -0.2) is 10.2 Å². The van der Waals surface area contributed by atoms with Gasteiger partial charge in [0, 0.05) is 5.69 Å². The Labute approximate surface area is 258 Å². The fraction of sp³-hybridized carbons (Fsp3) is 0.0571. The van der Waals surface area contributed by atoms with Crippen molar-refractivity contribution in [2.24, 2.45) is 5.10 Å². The van der Waals surface area contributed by atoms with Crippen molar-refractivity contribution < 1.29 is 28.7 Å². The van der Waals surface area contributed by atoms with Crippen LogP contribution >= 0.6 is 0 Å². The van der Waals surface area contributed by atoms with Crippen molar-refractivity contribution >= 4 is 52.1 Å². The van der Waals surface area contributed by atoms with E-state index >= 15 is 0 Å². The highest BCUT2D eigenvalue weighted by molar-refractivity contribution is 6.40. The molecule has 0 aliphatic rings. The number of ether oxygens (including phenoxy) is 2. The van der Waals surface area contributed by atoms with Crippen LogP contribution in [0.4, 0.5) is 11.4 Å². The van der Waals surface area contributed by atoms with Gasteiger partial charge in [0.2, 0.25) is 0 Å². The molecule has 0 aliphatic heterocycles. The molecule has 0 aromatic heterocycles. The zero-order valence-corrected chi connectivity index (χ0v) is 24.2. The molecule has 0 saturated heterocycles. The molecule has 5 aromatic carbocycles. The molecule has 3 N–H and O–H groups in total. The number of carbonyl (C=O) groups is 4. The van der Waals surface area contributed by atoms with E-state index in [2.05, 4.69) is 21.2 Å². The molecule has 3 amide bonds. The Morgan fingerprint density at radius 1 is 0.689 bits per heavy atom. The number of rotatable bonds is 9. The Hall–Kier alpha value is -6.29. The number of para-hydroxylation sites is 1. The second-order valence-electron chi connectivity index (χ2n) is 9.60. The lowest BCUT2D eigenvalue weighted by Gasteiger charge is -2.11. The molecule has 10 heteroatoms. The van der Waals surface area contributed by atoms with E-state index in [-0.39, 0.29) is 11.3 Å².